The van der Waals surface area contributed by atoms with Gasteiger partial charge in [0, 0.05) is 36.7 Å². The van der Waals surface area contributed by atoms with Gasteiger partial charge >= 0.3 is 0 Å². The highest BCUT2D eigenvalue weighted by atomic mass is 32.2. The average molecular weight is 351 g/mol. The quantitative estimate of drug-likeness (QED) is 0.874. The molecule has 0 amide bonds. The zero-order valence-electron chi connectivity index (χ0n) is 13.6. The number of H-pyrrole nitrogens is 1. The Balaban J connectivity index is 2.16. The van der Waals surface area contributed by atoms with Crippen molar-refractivity contribution < 1.29 is 0 Å². The monoisotopic (exact) mass is 351 g/mol. The number of nitrogens with zero attached hydrogens (tertiary/aromatic N) is 3. The van der Waals surface area contributed by atoms with Gasteiger partial charge in [-0.05, 0) is 11.1 Å². The molecule has 2 heterocycles. The van der Waals surface area contributed by atoms with Crippen molar-refractivity contribution in [1.29, 1.82) is 10.5 Å². The fraction of sp³-hybridized carbons (Fsp3) is 0.278. The van der Waals surface area contributed by atoms with E-state index in [0.717, 1.165) is 30.2 Å². The summed E-state index contributed by atoms with van der Waals surface area (Å²) in [6.45, 7) is 2.69. The summed E-state index contributed by atoms with van der Waals surface area (Å²) >= 11 is 1.94. The first kappa shape index (κ1) is 17.1. The van der Waals surface area contributed by atoms with Crippen molar-refractivity contribution >= 4 is 17.6 Å². The third kappa shape index (κ3) is 3.39. The van der Waals surface area contributed by atoms with E-state index in [1.54, 1.807) is 0 Å². The summed E-state index contributed by atoms with van der Waals surface area (Å²) in [5.74, 6) is 2.17. The summed E-state index contributed by atoms with van der Waals surface area (Å²) in [7, 11) is 0. The molecule has 6 nitrogen and oxygen atoms in total. The van der Waals surface area contributed by atoms with E-state index in [1.165, 1.54) is 0 Å². The van der Waals surface area contributed by atoms with Gasteiger partial charge in [-0.15, -0.1) is 0 Å². The van der Waals surface area contributed by atoms with Crippen molar-refractivity contribution in [2.75, 3.05) is 30.3 Å². The highest BCUT2D eigenvalue weighted by Gasteiger charge is 2.21. The minimum absolute atomic E-state index is 0.00863. The van der Waals surface area contributed by atoms with E-state index in [-0.39, 0.29) is 16.9 Å². The number of aromatic amines is 1. The molecule has 0 unspecified atom stereocenters. The van der Waals surface area contributed by atoms with Gasteiger partial charge < -0.3 is 10.7 Å². The largest absolute Gasteiger partial charge is 0.384 e. The van der Waals surface area contributed by atoms with E-state index in [2.05, 4.69) is 9.88 Å². The highest BCUT2D eigenvalue weighted by molar-refractivity contribution is 7.99. The van der Waals surface area contributed by atoms with Crippen LogP contribution < -0.4 is 11.3 Å². The smallest absolute Gasteiger partial charge is 0.268 e. The number of pyridine rings is 1. The van der Waals surface area contributed by atoms with Gasteiger partial charge in [0.15, 0.2) is 0 Å². The number of nitrogen functional groups attached to an aromatic ring is 1. The van der Waals surface area contributed by atoms with Crippen molar-refractivity contribution in [1.82, 2.24) is 9.88 Å². The number of hydrogen-bond donors (Lipinski definition) is 2. The Morgan fingerprint density at radius 1 is 1.16 bits per heavy atom. The van der Waals surface area contributed by atoms with Crippen LogP contribution in [0.1, 0.15) is 16.7 Å². The molecule has 25 heavy (non-hydrogen) atoms. The summed E-state index contributed by atoms with van der Waals surface area (Å²) < 4.78 is 0. The SMILES string of the molecule is N#Cc1c(N)[nH]c(=O)c(C#N)c1-c1ccccc1CN1CCSCC1. The number of nitrogens with one attached hydrogen (secondary N) is 1. The van der Waals surface area contributed by atoms with E-state index in [0.29, 0.717) is 17.7 Å². The topological polar surface area (TPSA) is 110 Å². The number of anilines is 1. The van der Waals surface area contributed by atoms with Gasteiger partial charge in [0.25, 0.3) is 5.56 Å². The molecule has 1 aromatic heterocycles. The van der Waals surface area contributed by atoms with Gasteiger partial charge in [0.1, 0.15) is 29.1 Å². The van der Waals surface area contributed by atoms with Gasteiger partial charge in [0.05, 0.1) is 0 Å². The zero-order valence-corrected chi connectivity index (χ0v) is 14.4. The van der Waals surface area contributed by atoms with Crippen LogP contribution in [0.3, 0.4) is 0 Å². The second-order valence-electron chi connectivity index (χ2n) is 5.76. The predicted octanol–water partition coefficient (Wildman–Crippen LogP) is 1.92. The Labute approximate surface area is 149 Å². The fourth-order valence-corrected chi connectivity index (χ4v) is 3.99. The number of benzene rings is 1. The van der Waals surface area contributed by atoms with Crippen LogP contribution in [-0.4, -0.2) is 34.5 Å². The lowest BCUT2D eigenvalue weighted by Crippen LogP contribution is -2.32. The maximum atomic E-state index is 12.2. The van der Waals surface area contributed by atoms with Crippen molar-refractivity contribution in [2.24, 2.45) is 0 Å². The summed E-state index contributed by atoms with van der Waals surface area (Å²) in [6.07, 6.45) is 0. The van der Waals surface area contributed by atoms with Crippen LogP contribution in [-0.2, 0) is 6.54 Å². The molecule has 0 bridgehead atoms. The van der Waals surface area contributed by atoms with Crippen molar-refractivity contribution in [3.8, 4) is 23.3 Å². The van der Waals surface area contributed by atoms with E-state index in [9.17, 15) is 15.3 Å². The molecular formula is C18H17N5OS. The maximum absolute atomic E-state index is 12.2. The molecule has 0 saturated carbocycles. The summed E-state index contributed by atoms with van der Waals surface area (Å²) in [4.78, 5) is 16.9. The Morgan fingerprint density at radius 3 is 2.52 bits per heavy atom. The standard InChI is InChI=1S/C18H17N5OS/c19-9-14-16(15(10-20)18(24)22-17(14)21)13-4-2-1-3-12(13)11-23-5-7-25-8-6-23/h1-4H,5-8,11H2,(H3,21,22,24). The lowest BCUT2D eigenvalue weighted by molar-refractivity contribution is 0.295. The van der Waals surface area contributed by atoms with Gasteiger partial charge in [-0.2, -0.15) is 22.3 Å². The van der Waals surface area contributed by atoms with Gasteiger partial charge in [-0.1, -0.05) is 24.3 Å². The third-order valence-electron chi connectivity index (χ3n) is 4.25. The van der Waals surface area contributed by atoms with E-state index in [4.69, 9.17) is 5.73 Å². The molecule has 1 aliphatic heterocycles. The van der Waals surface area contributed by atoms with Crippen molar-refractivity contribution in [2.45, 2.75) is 6.54 Å². The number of nitriles is 2. The first-order valence-corrected chi connectivity index (χ1v) is 9.05. The molecule has 0 atom stereocenters. The number of nitrogens with two attached hydrogens (primary N) is 1. The fourth-order valence-electron chi connectivity index (χ4n) is 3.01. The maximum Gasteiger partial charge on any atom is 0.268 e. The van der Waals surface area contributed by atoms with E-state index >= 15 is 0 Å². The van der Waals surface area contributed by atoms with Crippen molar-refractivity contribution in [3.63, 3.8) is 0 Å². The normalized spacial score (nSPS) is 14.6. The Bertz CT molecular complexity index is 932. The van der Waals surface area contributed by atoms with Crippen molar-refractivity contribution in [3.05, 3.63) is 51.3 Å². The van der Waals surface area contributed by atoms with Crippen LogP contribution in [0.25, 0.3) is 11.1 Å². The molecule has 3 N–H and O–H groups in total. The molecule has 0 spiro atoms. The predicted molar refractivity (Wildman–Crippen MR) is 98.9 cm³/mol. The number of hydrogen-bond acceptors (Lipinski definition) is 6. The molecule has 0 radical (unpaired) electrons. The lowest BCUT2D eigenvalue weighted by Gasteiger charge is -2.27. The number of rotatable bonds is 3. The average Bonchev–Trinajstić information content (AvgIpc) is 2.62. The Kier molecular flexibility index (Phi) is 5.08. The van der Waals surface area contributed by atoms with Gasteiger partial charge in [-0.3, -0.25) is 9.69 Å². The molecule has 126 valence electrons. The minimum Gasteiger partial charge on any atom is -0.384 e. The zero-order chi connectivity index (χ0) is 17.8. The molecule has 3 rings (SSSR count). The summed E-state index contributed by atoms with van der Waals surface area (Å²) in [5, 5.41) is 19.0. The Morgan fingerprint density at radius 2 is 1.84 bits per heavy atom. The molecule has 1 aromatic carbocycles. The highest BCUT2D eigenvalue weighted by Crippen LogP contribution is 2.31. The molecule has 0 aliphatic carbocycles. The molecule has 1 aliphatic rings. The molecule has 7 heteroatoms. The summed E-state index contributed by atoms with van der Waals surface area (Å²) in [5.41, 5.74) is 7.34. The van der Waals surface area contributed by atoms with Crippen LogP contribution in [0.5, 0.6) is 0 Å². The lowest BCUT2D eigenvalue weighted by atomic mass is 9.92. The van der Waals surface area contributed by atoms with Crippen LogP contribution in [0.2, 0.25) is 0 Å². The molecule has 2 aromatic rings. The first-order chi connectivity index (χ1) is 12.2. The Hall–Kier alpha value is -2.74. The minimum atomic E-state index is -0.571. The van der Waals surface area contributed by atoms with Crippen LogP contribution in [0.4, 0.5) is 5.82 Å². The van der Waals surface area contributed by atoms with Crippen LogP contribution in [0.15, 0.2) is 29.1 Å². The van der Waals surface area contributed by atoms with Crippen LogP contribution in [0, 0.1) is 22.7 Å². The van der Waals surface area contributed by atoms with Crippen LogP contribution >= 0.6 is 11.8 Å². The molecule has 1 fully saturated rings. The first-order valence-electron chi connectivity index (χ1n) is 7.90. The third-order valence-corrected chi connectivity index (χ3v) is 5.20. The molecular weight excluding hydrogens is 334 g/mol. The number of thioether (sulfide) groups is 1. The number of aromatic nitrogens is 1. The van der Waals surface area contributed by atoms with E-state index < -0.39 is 5.56 Å². The second kappa shape index (κ2) is 7.43. The summed E-state index contributed by atoms with van der Waals surface area (Å²) in [6, 6.07) is 11.5. The van der Waals surface area contributed by atoms with Gasteiger partial charge in [0.2, 0.25) is 0 Å². The molecule has 1 saturated heterocycles. The van der Waals surface area contributed by atoms with E-state index in [1.807, 2.05) is 48.2 Å². The second-order valence-corrected chi connectivity index (χ2v) is 6.99. The van der Waals surface area contributed by atoms with Gasteiger partial charge in [-0.25, -0.2) is 0 Å².